The molecule has 2 heterocycles. The average molecular weight is 514 g/mol. The average Bonchev–Trinajstić information content (AvgIpc) is 3.27. The summed E-state index contributed by atoms with van der Waals surface area (Å²) in [4.78, 5) is 4.59. The number of nitrogens with one attached hydrogen (secondary N) is 2. The maximum absolute atomic E-state index is 10.5. The van der Waals surface area contributed by atoms with Gasteiger partial charge in [0.25, 0.3) is 0 Å². The summed E-state index contributed by atoms with van der Waals surface area (Å²) in [5, 5.41) is 25.4. The van der Waals surface area contributed by atoms with E-state index >= 15 is 0 Å². The van der Waals surface area contributed by atoms with Crippen molar-refractivity contribution >= 4 is 29.9 Å². The second-order valence-corrected chi connectivity index (χ2v) is 7.12. The minimum atomic E-state index is -0.670. The van der Waals surface area contributed by atoms with Gasteiger partial charge in [-0.1, -0.05) is 12.1 Å². The third-order valence-electron chi connectivity index (χ3n) is 4.49. The maximum Gasteiger partial charge on any atom is 0.191 e. The van der Waals surface area contributed by atoms with Gasteiger partial charge in [-0.25, -0.2) is 4.99 Å². The van der Waals surface area contributed by atoms with Crippen LogP contribution in [0.3, 0.4) is 0 Å². The van der Waals surface area contributed by atoms with E-state index in [1.54, 1.807) is 0 Å². The van der Waals surface area contributed by atoms with Crippen molar-refractivity contribution in [3.05, 3.63) is 41.5 Å². The monoisotopic (exact) mass is 514 g/mol. The van der Waals surface area contributed by atoms with Gasteiger partial charge in [0, 0.05) is 26.1 Å². The lowest BCUT2D eigenvalue weighted by Crippen LogP contribution is -2.39. The number of aromatic nitrogens is 3. The molecule has 160 valence electrons. The van der Waals surface area contributed by atoms with Crippen LogP contribution >= 0.6 is 24.0 Å². The van der Waals surface area contributed by atoms with Crippen molar-refractivity contribution in [1.29, 1.82) is 0 Å². The van der Waals surface area contributed by atoms with Crippen molar-refractivity contribution in [2.24, 2.45) is 4.99 Å². The van der Waals surface area contributed by atoms with E-state index in [0.717, 1.165) is 48.9 Å². The SMILES string of the molecule is CCNC(=NCc1nnc2n1CCC2)NCC(O)c1cccc(OC(C)C)c1.I. The summed E-state index contributed by atoms with van der Waals surface area (Å²) in [6.07, 6.45) is 1.53. The zero-order valence-corrected chi connectivity index (χ0v) is 19.6. The molecule has 0 aliphatic carbocycles. The van der Waals surface area contributed by atoms with Crippen molar-refractivity contribution < 1.29 is 9.84 Å². The van der Waals surface area contributed by atoms with Gasteiger partial charge in [0.05, 0.1) is 12.2 Å². The molecule has 0 bridgehead atoms. The number of halogens is 1. The number of rotatable bonds is 8. The van der Waals surface area contributed by atoms with E-state index in [2.05, 4.69) is 30.4 Å². The molecule has 0 saturated heterocycles. The summed E-state index contributed by atoms with van der Waals surface area (Å²) in [5.41, 5.74) is 0.803. The number of aliphatic imine (C=N–C) groups is 1. The molecule has 8 nitrogen and oxygen atoms in total. The van der Waals surface area contributed by atoms with Crippen molar-refractivity contribution in [2.75, 3.05) is 13.1 Å². The van der Waals surface area contributed by atoms with Crippen molar-refractivity contribution in [3.8, 4) is 5.75 Å². The van der Waals surface area contributed by atoms with Gasteiger partial charge in [-0.15, -0.1) is 34.2 Å². The molecule has 1 aliphatic heterocycles. The van der Waals surface area contributed by atoms with E-state index in [1.807, 2.05) is 45.0 Å². The first-order valence-electron chi connectivity index (χ1n) is 9.94. The van der Waals surface area contributed by atoms with Gasteiger partial charge in [0.15, 0.2) is 11.8 Å². The van der Waals surface area contributed by atoms with Gasteiger partial charge in [0.1, 0.15) is 18.1 Å². The molecule has 0 fully saturated rings. The standard InChI is InChI=1S/C20H30N6O2.HI/c1-4-21-20(23-13-19-25-24-18-9-6-10-26(18)19)22-12-17(27)15-7-5-8-16(11-15)28-14(2)3;/h5,7-8,11,14,17,27H,4,6,9-10,12-13H2,1-3H3,(H2,21,22,23);1H. The largest absolute Gasteiger partial charge is 0.491 e. The molecule has 0 radical (unpaired) electrons. The van der Waals surface area contributed by atoms with Gasteiger partial charge in [-0.05, 0) is 44.9 Å². The third-order valence-corrected chi connectivity index (χ3v) is 4.49. The zero-order chi connectivity index (χ0) is 19.9. The Morgan fingerprint density at radius 2 is 2.14 bits per heavy atom. The van der Waals surface area contributed by atoms with Gasteiger partial charge >= 0.3 is 0 Å². The van der Waals surface area contributed by atoms with E-state index in [-0.39, 0.29) is 30.1 Å². The first-order chi connectivity index (χ1) is 13.6. The first-order valence-corrected chi connectivity index (χ1v) is 9.94. The Labute approximate surface area is 189 Å². The molecular weight excluding hydrogens is 483 g/mol. The van der Waals surface area contributed by atoms with Crippen LogP contribution in [-0.4, -0.2) is 45.0 Å². The highest BCUT2D eigenvalue weighted by Crippen LogP contribution is 2.20. The lowest BCUT2D eigenvalue weighted by atomic mass is 10.1. The van der Waals surface area contributed by atoms with Crippen LogP contribution in [0.25, 0.3) is 0 Å². The topological polar surface area (TPSA) is 96.6 Å². The third kappa shape index (κ3) is 6.56. The predicted octanol–water partition coefficient (Wildman–Crippen LogP) is 2.42. The fraction of sp³-hybridized carbons (Fsp3) is 0.550. The van der Waals surface area contributed by atoms with Crippen LogP contribution in [0.4, 0.5) is 0 Å². The molecular formula is C20H31IN6O2. The number of fused-ring (bicyclic) bond motifs is 1. The Hall–Kier alpha value is -1.88. The van der Waals surface area contributed by atoms with E-state index in [4.69, 9.17) is 4.74 Å². The van der Waals surface area contributed by atoms with Crippen LogP contribution in [0, 0.1) is 0 Å². The van der Waals surface area contributed by atoms with Crippen LogP contribution in [0.15, 0.2) is 29.3 Å². The van der Waals surface area contributed by atoms with Gasteiger partial charge in [0.2, 0.25) is 0 Å². The highest BCUT2D eigenvalue weighted by Gasteiger charge is 2.17. The molecule has 9 heteroatoms. The van der Waals surface area contributed by atoms with Crippen molar-refractivity contribution in [1.82, 2.24) is 25.4 Å². The number of aryl methyl sites for hydroxylation is 1. The fourth-order valence-corrected chi connectivity index (χ4v) is 3.20. The minimum absolute atomic E-state index is 0. The molecule has 29 heavy (non-hydrogen) atoms. The van der Waals surface area contributed by atoms with Crippen LogP contribution < -0.4 is 15.4 Å². The molecule has 1 atom stereocenters. The summed E-state index contributed by atoms with van der Waals surface area (Å²) in [6, 6.07) is 7.55. The van der Waals surface area contributed by atoms with Crippen LogP contribution in [0.1, 0.15) is 50.5 Å². The highest BCUT2D eigenvalue weighted by atomic mass is 127. The summed E-state index contributed by atoms with van der Waals surface area (Å²) >= 11 is 0. The number of hydrogen-bond donors (Lipinski definition) is 3. The van der Waals surface area contributed by atoms with E-state index in [1.165, 1.54) is 0 Å². The highest BCUT2D eigenvalue weighted by molar-refractivity contribution is 14.0. The Morgan fingerprint density at radius 1 is 1.31 bits per heavy atom. The summed E-state index contributed by atoms with van der Waals surface area (Å²) in [5.74, 6) is 3.32. The molecule has 1 aromatic carbocycles. The molecule has 3 rings (SSSR count). The van der Waals surface area contributed by atoms with Gasteiger partial charge in [-0.2, -0.15) is 0 Å². The normalized spacial score (nSPS) is 14.3. The maximum atomic E-state index is 10.5. The second-order valence-electron chi connectivity index (χ2n) is 7.12. The molecule has 1 aromatic heterocycles. The van der Waals surface area contributed by atoms with Gasteiger partial charge in [-0.3, -0.25) is 0 Å². The van der Waals surface area contributed by atoms with Crippen LogP contribution in [0.5, 0.6) is 5.75 Å². The smallest absolute Gasteiger partial charge is 0.191 e. The lowest BCUT2D eigenvalue weighted by Gasteiger charge is -2.17. The Bertz CT molecular complexity index is 808. The Morgan fingerprint density at radius 3 is 2.90 bits per heavy atom. The summed E-state index contributed by atoms with van der Waals surface area (Å²) in [7, 11) is 0. The summed E-state index contributed by atoms with van der Waals surface area (Å²) in [6.45, 7) is 8.46. The number of benzene rings is 1. The number of hydrogen-bond acceptors (Lipinski definition) is 5. The van der Waals surface area contributed by atoms with E-state index in [9.17, 15) is 5.11 Å². The number of aliphatic hydroxyl groups excluding tert-OH is 1. The predicted molar refractivity (Wildman–Crippen MR) is 124 cm³/mol. The van der Waals surface area contributed by atoms with Crippen LogP contribution in [-0.2, 0) is 19.5 Å². The summed E-state index contributed by atoms with van der Waals surface area (Å²) < 4.78 is 7.84. The molecule has 0 saturated carbocycles. The fourth-order valence-electron chi connectivity index (χ4n) is 3.20. The second kappa shape index (κ2) is 11.3. The lowest BCUT2D eigenvalue weighted by molar-refractivity contribution is 0.179. The number of aliphatic hydroxyl groups is 1. The molecule has 0 amide bonds. The Kier molecular flexibility index (Phi) is 9.15. The van der Waals surface area contributed by atoms with Crippen molar-refractivity contribution in [2.45, 2.75) is 58.9 Å². The van der Waals surface area contributed by atoms with Gasteiger partial charge < -0.3 is 25.0 Å². The number of ether oxygens (including phenoxy) is 1. The van der Waals surface area contributed by atoms with E-state index < -0.39 is 6.10 Å². The molecule has 2 aromatic rings. The zero-order valence-electron chi connectivity index (χ0n) is 17.3. The Balaban J connectivity index is 0.00000300. The molecule has 1 aliphatic rings. The van der Waals surface area contributed by atoms with E-state index in [0.29, 0.717) is 19.0 Å². The van der Waals surface area contributed by atoms with Crippen molar-refractivity contribution in [3.63, 3.8) is 0 Å². The first kappa shape index (κ1) is 23.4. The van der Waals surface area contributed by atoms with Crippen LogP contribution in [0.2, 0.25) is 0 Å². The number of guanidine groups is 1. The molecule has 3 N–H and O–H groups in total. The quantitative estimate of drug-likeness (QED) is 0.285. The molecule has 1 unspecified atom stereocenters. The molecule has 0 spiro atoms. The minimum Gasteiger partial charge on any atom is -0.491 e. The number of nitrogens with zero attached hydrogens (tertiary/aromatic N) is 4.